The van der Waals surface area contributed by atoms with Crippen molar-refractivity contribution in [2.45, 2.75) is 60.8 Å². The molecule has 5 nitrogen and oxygen atoms in total. The van der Waals surface area contributed by atoms with Gasteiger partial charge >= 0.3 is 21.1 Å². The molecule has 0 spiro atoms. The third kappa shape index (κ3) is 5.83. The minimum absolute atomic E-state index is 0. The predicted octanol–water partition coefficient (Wildman–Crippen LogP) is 10.0. The number of aryl methyl sites for hydroxylation is 5. The van der Waals surface area contributed by atoms with Gasteiger partial charge in [0.2, 0.25) is 0 Å². The largest absolute Gasteiger partial charge is 2.00 e. The average Bonchev–Trinajstić information content (AvgIpc) is 3.56. The Kier molecular flexibility index (Phi) is 9.21. The van der Waals surface area contributed by atoms with Gasteiger partial charge in [-0.2, -0.15) is 17.2 Å². The number of fused-ring (bicyclic) bond motifs is 3. The van der Waals surface area contributed by atoms with Gasteiger partial charge in [0.15, 0.2) is 0 Å². The Hall–Kier alpha value is -4.47. The van der Waals surface area contributed by atoms with Crippen LogP contribution in [0.25, 0.3) is 44.4 Å². The predicted molar refractivity (Wildman–Crippen MR) is 188 cm³/mol. The number of hydrogen-bond acceptors (Lipinski definition) is 3. The Bertz CT molecular complexity index is 2220. The van der Waals surface area contributed by atoms with Crippen LogP contribution in [0.1, 0.15) is 54.4 Å². The molecule has 0 unspecified atom stereocenters. The van der Waals surface area contributed by atoms with Crippen LogP contribution in [-0.4, -0.2) is 19.3 Å². The zero-order valence-corrected chi connectivity index (χ0v) is 30.0. The topological polar surface area (TPSA) is 44.9 Å². The first kappa shape index (κ1) is 32.5. The van der Waals surface area contributed by atoms with Crippen molar-refractivity contribution in [3.63, 3.8) is 0 Å². The standard InChI is InChI=1S/C41H38N4O.Pt/c1-7-29-22-30(8-2)41(31(9-3)23-29)40-27(5)43-45(28(40)6)32-13-12-14-33(24-32)46-34-17-18-36-35-15-10-11-16-37(35)44(38(36)25-34)39-21-26(4)19-20-42-39;/h10-23H,7-9H2,1-6H3;/q-2;+2. The number of hydrogen-bond donors (Lipinski definition) is 0. The number of ether oxygens (including phenoxy) is 1. The summed E-state index contributed by atoms with van der Waals surface area (Å²) in [6.07, 6.45) is 4.85. The first-order valence-electron chi connectivity index (χ1n) is 16.2. The van der Waals surface area contributed by atoms with Crippen LogP contribution in [0.4, 0.5) is 0 Å². The summed E-state index contributed by atoms with van der Waals surface area (Å²) in [5.74, 6) is 2.08. The van der Waals surface area contributed by atoms with E-state index in [1.165, 1.54) is 27.8 Å². The molecule has 0 atom stereocenters. The van der Waals surface area contributed by atoms with Crippen LogP contribution in [0.2, 0.25) is 0 Å². The molecule has 0 aliphatic carbocycles. The number of para-hydroxylation sites is 1. The number of nitrogens with zero attached hydrogens (tertiary/aromatic N) is 4. The maximum atomic E-state index is 6.43. The van der Waals surface area contributed by atoms with Gasteiger partial charge in [0.1, 0.15) is 5.82 Å². The minimum Gasteiger partial charge on any atom is -0.509 e. The van der Waals surface area contributed by atoms with Crippen molar-refractivity contribution in [1.82, 2.24) is 19.3 Å². The van der Waals surface area contributed by atoms with Gasteiger partial charge in [-0.25, -0.2) is 4.98 Å². The summed E-state index contributed by atoms with van der Waals surface area (Å²) in [7, 11) is 0. The van der Waals surface area contributed by atoms with Gasteiger partial charge in [0.05, 0.1) is 5.69 Å². The minimum atomic E-state index is 0. The monoisotopic (exact) mass is 797 g/mol. The summed E-state index contributed by atoms with van der Waals surface area (Å²) in [5.41, 5.74) is 12.8. The van der Waals surface area contributed by atoms with Crippen LogP contribution in [0.15, 0.2) is 85.1 Å². The second-order valence-corrected chi connectivity index (χ2v) is 11.9. The molecule has 0 saturated carbocycles. The second kappa shape index (κ2) is 13.3. The van der Waals surface area contributed by atoms with E-state index in [1.54, 1.807) is 0 Å². The molecule has 3 aromatic heterocycles. The van der Waals surface area contributed by atoms with E-state index in [0.717, 1.165) is 69.5 Å². The van der Waals surface area contributed by atoms with Crippen molar-refractivity contribution in [2.24, 2.45) is 0 Å². The Labute approximate surface area is 291 Å². The summed E-state index contributed by atoms with van der Waals surface area (Å²) in [5, 5.41) is 7.28. The van der Waals surface area contributed by atoms with E-state index in [1.807, 2.05) is 41.2 Å². The summed E-state index contributed by atoms with van der Waals surface area (Å²) in [6, 6.07) is 34.3. The first-order chi connectivity index (χ1) is 22.4. The van der Waals surface area contributed by atoms with Gasteiger partial charge in [0, 0.05) is 34.5 Å². The van der Waals surface area contributed by atoms with Crippen molar-refractivity contribution < 1.29 is 25.8 Å². The van der Waals surface area contributed by atoms with E-state index in [0.29, 0.717) is 11.5 Å². The zero-order chi connectivity index (χ0) is 31.9. The molecule has 7 aromatic rings. The molecule has 47 heavy (non-hydrogen) atoms. The van der Waals surface area contributed by atoms with Crippen LogP contribution in [0, 0.1) is 32.9 Å². The van der Waals surface area contributed by atoms with Crippen LogP contribution < -0.4 is 4.74 Å². The molecule has 0 N–H and O–H groups in total. The normalized spacial score (nSPS) is 11.3. The smallest absolute Gasteiger partial charge is 0.509 e. The van der Waals surface area contributed by atoms with Crippen molar-refractivity contribution >= 4 is 21.8 Å². The summed E-state index contributed by atoms with van der Waals surface area (Å²) in [6.45, 7) is 13.1. The molecule has 3 heterocycles. The third-order valence-corrected chi connectivity index (χ3v) is 8.96. The number of aromatic nitrogens is 4. The molecule has 0 radical (unpaired) electrons. The fourth-order valence-corrected chi connectivity index (χ4v) is 6.71. The Morgan fingerprint density at radius 1 is 0.723 bits per heavy atom. The number of benzene rings is 4. The molecule has 238 valence electrons. The number of pyridine rings is 1. The van der Waals surface area contributed by atoms with Crippen molar-refractivity contribution in [1.29, 1.82) is 0 Å². The Morgan fingerprint density at radius 2 is 1.47 bits per heavy atom. The van der Waals surface area contributed by atoms with E-state index in [4.69, 9.17) is 14.8 Å². The van der Waals surface area contributed by atoms with Gasteiger partial charge in [0.25, 0.3) is 0 Å². The molecule has 7 rings (SSSR count). The quantitative estimate of drug-likeness (QED) is 0.144. The van der Waals surface area contributed by atoms with Gasteiger partial charge in [-0.05, 0) is 97.1 Å². The molecule has 0 amide bonds. The summed E-state index contributed by atoms with van der Waals surface area (Å²) in [4.78, 5) is 4.70. The van der Waals surface area contributed by atoms with Crippen LogP contribution >= 0.6 is 0 Å². The van der Waals surface area contributed by atoms with Gasteiger partial charge < -0.3 is 9.30 Å². The van der Waals surface area contributed by atoms with E-state index >= 15 is 0 Å². The van der Waals surface area contributed by atoms with Gasteiger partial charge in [-0.15, -0.1) is 35.7 Å². The molecular formula is C41H38N4OPt. The van der Waals surface area contributed by atoms with Crippen LogP contribution in [0.5, 0.6) is 11.5 Å². The molecule has 0 aliphatic heterocycles. The van der Waals surface area contributed by atoms with Gasteiger partial charge in [-0.1, -0.05) is 56.6 Å². The molecule has 4 aromatic carbocycles. The van der Waals surface area contributed by atoms with Crippen LogP contribution in [-0.2, 0) is 40.3 Å². The van der Waals surface area contributed by atoms with E-state index in [-0.39, 0.29) is 21.1 Å². The Balaban J connectivity index is 0.00000386. The average molecular weight is 798 g/mol. The molecule has 0 aliphatic rings. The maximum absolute atomic E-state index is 6.43. The molecular weight excluding hydrogens is 760 g/mol. The third-order valence-electron chi connectivity index (χ3n) is 8.96. The molecule has 0 fully saturated rings. The fourth-order valence-electron chi connectivity index (χ4n) is 6.71. The SMILES string of the molecule is CCc1cc(CC)c(-c2c(C)nn(-c3[c-]c(Oc4[c-]c5c(cc4)c4ccccc4n5-c4cc(C)ccn4)ccc3)c2C)c(CC)c1.[Pt+2]. The first-order valence-corrected chi connectivity index (χ1v) is 16.2. The summed E-state index contributed by atoms with van der Waals surface area (Å²) < 4.78 is 10.6. The van der Waals surface area contributed by atoms with Crippen LogP contribution in [0.3, 0.4) is 0 Å². The zero-order valence-electron chi connectivity index (χ0n) is 27.7. The van der Waals surface area contributed by atoms with E-state index in [2.05, 4.69) is 107 Å². The van der Waals surface area contributed by atoms with Crippen molar-refractivity contribution in [3.05, 3.63) is 131 Å². The van der Waals surface area contributed by atoms with Gasteiger partial charge in [-0.3, -0.25) is 4.68 Å². The van der Waals surface area contributed by atoms with Crippen molar-refractivity contribution in [2.75, 3.05) is 0 Å². The molecule has 0 bridgehead atoms. The number of rotatable bonds is 8. The molecule has 6 heteroatoms. The maximum Gasteiger partial charge on any atom is 2.00 e. The van der Waals surface area contributed by atoms with E-state index in [9.17, 15) is 0 Å². The fraction of sp³-hybridized carbons (Fsp3) is 0.220. The van der Waals surface area contributed by atoms with Crippen molar-refractivity contribution in [3.8, 4) is 34.1 Å². The second-order valence-electron chi connectivity index (χ2n) is 11.9. The molecule has 0 saturated heterocycles. The van der Waals surface area contributed by atoms with E-state index < -0.39 is 0 Å². The Morgan fingerprint density at radius 3 is 2.19 bits per heavy atom. The summed E-state index contributed by atoms with van der Waals surface area (Å²) >= 11 is 0.